The summed E-state index contributed by atoms with van der Waals surface area (Å²) in [6.07, 6.45) is -2.72. The Kier molecular flexibility index (Phi) is 5.65. The molecule has 0 spiro atoms. The van der Waals surface area contributed by atoms with Gasteiger partial charge in [0.05, 0.1) is 5.75 Å². The Labute approximate surface area is 158 Å². The van der Waals surface area contributed by atoms with Crippen LogP contribution in [0.2, 0.25) is 0 Å². The van der Waals surface area contributed by atoms with E-state index in [0.29, 0.717) is 5.69 Å². The second-order valence-electron chi connectivity index (χ2n) is 5.71. The van der Waals surface area contributed by atoms with Crippen LogP contribution in [0.5, 0.6) is 5.75 Å². The number of alkyl halides is 3. The summed E-state index contributed by atoms with van der Waals surface area (Å²) in [7, 11) is 0. The smallest absolute Gasteiger partial charge is 0.406 e. The van der Waals surface area contributed by atoms with E-state index in [1.54, 1.807) is 0 Å². The minimum atomic E-state index is -4.74. The summed E-state index contributed by atoms with van der Waals surface area (Å²) in [5.41, 5.74) is 1.52. The maximum Gasteiger partial charge on any atom is 0.573 e. The molecule has 27 heavy (non-hydrogen) atoms. The lowest BCUT2D eigenvalue weighted by Crippen LogP contribution is -2.17. The van der Waals surface area contributed by atoms with Crippen LogP contribution in [0.25, 0.3) is 10.9 Å². The van der Waals surface area contributed by atoms with E-state index >= 15 is 0 Å². The fourth-order valence-corrected chi connectivity index (χ4v) is 3.56. The molecule has 0 aliphatic rings. The minimum Gasteiger partial charge on any atom is -0.406 e. The van der Waals surface area contributed by atoms with E-state index in [2.05, 4.69) is 21.5 Å². The van der Waals surface area contributed by atoms with Crippen LogP contribution >= 0.6 is 11.8 Å². The molecule has 0 aliphatic carbocycles. The van der Waals surface area contributed by atoms with Crippen molar-refractivity contribution in [3.8, 4) is 5.75 Å². The van der Waals surface area contributed by atoms with Crippen LogP contribution in [0, 0.1) is 0 Å². The molecule has 8 heteroatoms. The van der Waals surface area contributed by atoms with Gasteiger partial charge in [0.1, 0.15) is 5.75 Å². The highest BCUT2D eigenvalue weighted by Gasteiger charge is 2.30. The van der Waals surface area contributed by atoms with E-state index in [9.17, 15) is 18.0 Å². The van der Waals surface area contributed by atoms with E-state index in [1.165, 1.54) is 23.9 Å². The van der Waals surface area contributed by atoms with Crippen LogP contribution in [-0.2, 0) is 11.3 Å². The number of amides is 1. The molecular weight excluding hydrogens is 377 g/mol. The Balaban J connectivity index is 1.60. The lowest BCUT2D eigenvalue weighted by molar-refractivity contribution is -0.274. The molecule has 1 N–H and O–H groups in total. The molecule has 1 heterocycles. The van der Waals surface area contributed by atoms with E-state index < -0.39 is 6.36 Å². The number of thioether (sulfide) groups is 1. The number of benzene rings is 2. The zero-order valence-corrected chi connectivity index (χ0v) is 15.2. The van der Waals surface area contributed by atoms with Crippen LogP contribution < -0.4 is 10.1 Å². The van der Waals surface area contributed by atoms with Gasteiger partial charge >= 0.3 is 6.36 Å². The predicted molar refractivity (Wildman–Crippen MR) is 100 cm³/mol. The normalized spacial score (nSPS) is 11.6. The number of fused-ring (bicyclic) bond motifs is 1. The first-order chi connectivity index (χ1) is 12.9. The highest BCUT2D eigenvalue weighted by molar-refractivity contribution is 8.00. The Morgan fingerprint density at radius 3 is 2.52 bits per heavy atom. The lowest BCUT2D eigenvalue weighted by Gasteiger charge is -2.09. The molecule has 0 radical (unpaired) electrons. The number of aromatic nitrogens is 1. The summed E-state index contributed by atoms with van der Waals surface area (Å²) in [6, 6.07) is 13.0. The van der Waals surface area contributed by atoms with E-state index in [4.69, 9.17) is 0 Å². The molecule has 3 aromatic rings. The number of nitrogens with one attached hydrogen (secondary N) is 1. The predicted octanol–water partition coefficient (Wildman–Crippen LogP) is 5.29. The summed E-state index contributed by atoms with van der Waals surface area (Å²) in [5.74, 6) is -0.376. The third-order valence-corrected chi connectivity index (χ3v) is 4.87. The zero-order chi connectivity index (χ0) is 19.4. The molecule has 0 unspecified atom stereocenters. The Hall–Kier alpha value is -2.61. The fraction of sp³-hybridized carbons (Fsp3) is 0.211. The Morgan fingerprint density at radius 2 is 1.85 bits per heavy atom. The van der Waals surface area contributed by atoms with Crippen molar-refractivity contribution in [2.45, 2.75) is 24.7 Å². The van der Waals surface area contributed by atoms with Crippen molar-refractivity contribution < 1.29 is 22.7 Å². The van der Waals surface area contributed by atoms with Gasteiger partial charge in [-0.3, -0.25) is 4.79 Å². The van der Waals surface area contributed by atoms with E-state index in [1.807, 2.05) is 30.5 Å². The quantitative estimate of drug-likeness (QED) is 0.578. The standard InChI is InChI=1S/C19H17F3N2O2S/c1-2-24-11-17(15-5-3-4-6-16(15)24)27-12-18(25)23-13-7-9-14(10-8-13)26-19(20,21)22/h3-11H,2,12H2,1H3,(H,23,25). The number of carbonyl (C=O) groups is 1. The number of hydrogen-bond donors (Lipinski definition) is 1. The number of hydrogen-bond acceptors (Lipinski definition) is 3. The van der Waals surface area contributed by atoms with Gasteiger partial charge in [-0.05, 0) is 37.3 Å². The molecule has 0 fully saturated rings. The van der Waals surface area contributed by atoms with Gasteiger partial charge < -0.3 is 14.6 Å². The van der Waals surface area contributed by atoms with E-state index in [-0.39, 0.29) is 17.4 Å². The van der Waals surface area contributed by atoms with Gasteiger partial charge in [0.2, 0.25) is 5.91 Å². The number of aryl methyl sites for hydroxylation is 1. The molecule has 0 atom stereocenters. The van der Waals surface area contributed by atoms with Crippen LogP contribution in [-0.4, -0.2) is 22.6 Å². The van der Waals surface area contributed by atoms with Crippen LogP contribution in [0.1, 0.15) is 6.92 Å². The molecule has 3 rings (SSSR count). The van der Waals surface area contributed by atoms with Gasteiger partial charge in [0, 0.05) is 34.2 Å². The van der Waals surface area contributed by atoms with Crippen molar-refractivity contribution in [2.24, 2.45) is 0 Å². The SMILES string of the molecule is CCn1cc(SCC(=O)Nc2ccc(OC(F)(F)F)cc2)c2ccccc21. The maximum atomic E-state index is 12.2. The summed E-state index contributed by atoms with van der Waals surface area (Å²) in [4.78, 5) is 13.2. The molecule has 0 saturated heterocycles. The summed E-state index contributed by atoms with van der Waals surface area (Å²) >= 11 is 1.42. The Morgan fingerprint density at radius 1 is 1.15 bits per heavy atom. The topological polar surface area (TPSA) is 43.3 Å². The van der Waals surface area contributed by atoms with Crippen molar-refractivity contribution in [1.82, 2.24) is 4.57 Å². The number of nitrogens with zero attached hydrogens (tertiary/aromatic N) is 1. The average Bonchev–Trinajstić information content (AvgIpc) is 2.98. The van der Waals surface area contributed by atoms with Gasteiger partial charge in [-0.2, -0.15) is 0 Å². The first-order valence-corrected chi connectivity index (χ1v) is 9.20. The molecule has 0 saturated carbocycles. The number of halogens is 3. The van der Waals surface area contributed by atoms with Gasteiger partial charge in [0.15, 0.2) is 0 Å². The second kappa shape index (κ2) is 7.96. The highest BCUT2D eigenvalue weighted by atomic mass is 32.2. The maximum absolute atomic E-state index is 12.2. The molecule has 0 aliphatic heterocycles. The fourth-order valence-electron chi connectivity index (χ4n) is 2.67. The molecular formula is C19H17F3N2O2S. The van der Waals surface area contributed by atoms with Gasteiger partial charge in [-0.15, -0.1) is 24.9 Å². The van der Waals surface area contributed by atoms with Crippen molar-refractivity contribution in [3.05, 3.63) is 54.7 Å². The van der Waals surface area contributed by atoms with E-state index in [0.717, 1.165) is 34.5 Å². The highest BCUT2D eigenvalue weighted by Crippen LogP contribution is 2.30. The summed E-state index contributed by atoms with van der Waals surface area (Å²) < 4.78 is 42.4. The van der Waals surface area contributed by atoms with Gasteiger partial charge in [-0.25, -0.2) is 0 Å². The Bertz CT molecular complexity index is 936. The van der Waals surface area contributed by atoms with Crippen molar-refractivity contribution in [1.29, 1.82) is 0 Å². The first kappa shape index (κ1) is 19.2. The van der Waals surface area contributed by atoms with Crippen molar-refractivity contribution in [2.75, 3.05) is 11.1 Å². The minimum absolute atomic E-state index is 0.193. The lowest BCUT2D eigenvalue weighted by atomic mass is 10.2. The van der Waals surface area contributed by atoms with Crippen LogP contribution in [0.3, 0.4) is 0 Å². The van der Waals surface area contributed by atoms with Crippen LogP contribution in [0.15, 0.2) is 59.6 Å². The monoisotopic (exact) mass is 394 g/mol. The second-order valence-corrected chi connectivity index (χ2v) is 6.72. The molecule has 1 aromatic heterocycles. The van der Waals surface area contributed by atoms with Crippen molar-refractivity contribution >= 4 is 34.3 Å². The van der Waals surface area contributed by atoms with Gasteiger partial charge in [0.25, 0.3) is 0 Å². The first-order valence-electron chi connectivity index (χ1n) is 8.22. The largest absolute Gasteiger partial charge is 0.573 e. The van der Waals surface area contributed by atoms with Crippen molar-refractivity contribution in [3.63, 3.8) is 0 Å². The summed E-state index contributed by atoms with van der Waals surface area (Å²) in [6.45, 7) is 2.89. The van der Waals surface area contributed by atoms with Crippen LogP contribution in [0.4, 0.5) is 18.9 Å². The third-order valence-electron chi connectivity index (χ3n) is 3.82. The molecule has 0 bridgehead atoms. The number of rotatable bonds is 6. The van der Waals surface area contributed by atoms with Gasteiger partial charge in [-0.1, -0.05) is 18.2 Å². The summed E-state index contributed by atoms with van der Waals surface area (Å²) in [5, 5.41) is 3.76. The molecule has 2 aromatic carbocycles. The number of carbonyl (C=O) groups excluding carboxylic acids is 1. The number of para-hydroxylation sites is 1. The number of ether oxygens (including phenoxy) is 1. The number of anilines is 1. The molecule has 142 valence electrons. The average molecular weight is 394 g/mol. The zero-order valence-electron chi connectivity index (χ0n) is 14.4. The molecule has 4 nitrogen and oxygen atoms in total. The third kappa shape index (κ3) is 4.97. The molecule has 1 amide bonds.